The first-order valence-corrected chi connectivity index (χ1v) is 7.56. The van der Waals surface area contributed by atoms with Crippen molar-refractivity contribution in [1.82, 2.24) is 0 Å². The molecule has 5 nitrogen and oxygen atoms in total. The molecule has 0 aliphatic heterocycles. The Morgan fingerprint density at radius 2 is 1.83 bits per heavy atom. The molecule has 0 aliphatic carbocycles. The summed E-state index contributed by atoms with van der Waals surface area (Å²) in [4.78, 5) is 12.1. The molecule has 0 bridgehead atoms. The van der Waals surface area contributed by atoms with Gasteiger partial charge in [0.15, 0.2) is 0 Å². The van der Waals surface area contributed by atoms with Crippen LogP contribution in [0.2, 0.25) is 10.0 Å². The molecule has 1 amide bonds. The lowest BCUT2D eigenvalue weighted by molar-refractivity contribution is -0.112. The van der Waals surface area contributed by atoms with E-state index in [0.29, 0.717) is 27.2 Å². The van der Waals surface area contributed by atoms with Gasteiger partial charge in [0.05, 0.1) is 12.1 Å². The molecule has 0 fully saturated rings. The summed E-state index contributed by atoms with van der Waals surface area (Å²) in [5.41, 5.74) is 1.07. The fourth-order valence-corrected chi connectivity index (χ4v) is 2.18. The highest BCUT2D eigenvalue weighted by Gasteiger charge is 2.10. The average molecular weight is 362 g/mol. The number of hydrogen-bond acceptors (Lipinski definition) is 4. The molecule has 0 unspecified atom stereocenters. The number of nitriles is 1. The summed E-state index contributed by atoms with van der Waals surface area (Å²) in [6, 6.07) is 13.5. The molecular weight excluding hydrogens is 349 g/mol. The van der Waals surface area contributed by atoms with Crippen LogP contribution in [0.4, 0.5) is 11.4 Å². The van der Waals surface area contributed by atoms with E-state index in [1.54, 1.807) is 42.5 Å². The van der Waals surface area contributed by atoms with Gasteiger partial charge in [-0.3, -0.25) is 4.79 Å². The van der Waals surface area contributed by atoms with Crippen LogP contribution in [0.15, 0.2) is 54.2 Å². The van der Waals surface area contributed by atoms with Crippen LogP contribution in [0.1, 0.15) is 0 Å². The number of amides is 1. The van der Waals surface area contributed by atoms with Crippen molar-refractivity contribution in [1.29, 1.82) is 5.26 Å². The monoisotopic (exact) mass is 361 g/mol. The molecule has 0 saturated carbocycles. The summed E-state index contributed by atoms with van der Waals surface area (Å²) < 4.78 is 5.04. The van der Waals surface area contributed by atoms with Crippen molar-refractivity contribution in [3.05, 3.63) is 64.3 Å². The summed E-state index contributed by atoms with van der Waals surface area (Å²) in [7, 11) is 1.50. The molecule has 24 heavy (non-hydrogen) atoms. The molecule has 2 rings (SSSR count). The number of carbonyl (C=O) groups is 1. The van der Waals surface area contributed by atoms with E-state index < -0.39 is 5.91 Å². The minimum Gasteiger partial charge on any atom is -0.495 e. The highest BCUT2D eigenvalue weighted by atomic mass is 35.5. The first-order valence-electron chi connectivity index (χ1n) is 6.80. The van der Waals surface area contributed by atoms with Gasteiger partial charge in [-0.15, -0.1) is 0 Å². The smallest absolute Gasteiger partial charge is 0.267 e. The Hall–Kier alpha value is -2.68. The van der Waals surface area contributed by atoms with Gasteiger partial charge >= 0.3 is 0 Å². The van der Waals surface area contributed by atoms with Gasteiger partial charge in [0.25, 0.3) is 5.91 Å². The SMILES string of the molecule is COc1ccc(NC(=O)/C(C#N)=C\Nc2ccc(Cl)cc2)cc1Cl. The second-order valence-corrected chi connectivity index (χ2v) is 5.47. The molecule has 0 radical (unpaired) electrons. The number of nitrogens with zero attached hydrogens (tertiary/aromatic N) is 1. The van der Waals surface area contributed by atoms with Crippen LogP contribution in [0, 0.1) is 11.3 Å². The van der Waals surface area contributed by atoms with Crippen molar-refractivity contribution < 1.29 is 9.53 Å². The van der Waals surface area contributed by atoms with E-state index in [2.05, 4.69) is 10.6 Å². The Kier molecular flexibility index (Phi) is 6.07. The van der Waals surface area contributed by atoms with Crippen LogP contribution >= 0.6 is 23.2 Å². The molecule has 0 aromatic heterocycles. The van der Waals surface area contributed by atoms with E-state index in [-0.39, 0.29) is 5.57 Å². The van der Waals surface area contributed by atoms with E-state index in [1.165, 1.54) is 13.3 Å². The Balaban J connectivity index is 2.08. The molecule has 2 aromatic carbocycles. The van der Waals surface area contributed by atoms with Gasteiger partial charge in [0, 0.05) is 22.6 Å². The van der Waals surface area contributed by atoms with Gasteiger partial charge in [-0.1, -0.05) is 23.2 Å². The van der Waals surface area contributed by atoms with Crippen LogP contribution in [0.25, 0.3) is 0 Å². The number of carbonyl (C=O) groups excluding carboxylic acids is 1. The Morgan fingerprint density at radius 3 is 2.42 bits per heavy atom. The van der Waals surface area contributed by atoms with Gasteiger partial charge in [-0.2, -0.15) is 5.26 Å². The van der Waals surface area contributed by atoms with Crippen molar-refractivity contribution in [3.63, 3.8) is 0 Å². The largest absolute Gasteiger partial charge is 0.495 e. The molecule has 122 valence electrons. The number of benzene rings is 2. The first kappa shape index (κ1) is 17.7. The highest BCUT2D eigenvalue weighted by Crippen LogP contribution is 2.27. The number of anilines is 2. The standard InChI is InChI=1S/C17H13Cl2N3O2/c1-24-16-7-6-14(8-15(16)19)22-17(23)11(9-20)10-21-13-4-2-12(18)3-5-13/h2-8,10,21H,1H3,(H,22,23)/b11-10-. The van der Waals surface area contributed by atoms with E-state index in [1.807, 2.05) is 6.07 Å². The lowest BCUT2D eigenvalue weighted by Gasteiger charge is -2.08. The van der Waals surface area contributed by atoms with E-state index in [4.69, 9.17) is 33.2 Å². The minimum atomic E-state index is -0.555. The fourth-order valence-electron chi connectivity index (χ4n) is 1.79. The van der Waals surface area contributed by atoms with Gasteiger partial charge in [0.2, 0.25) is 0 Å². The second-order valence-electron chi connectivity index (χ2n) is 4.62. The Labute approximate surface area is 149 Å². The maximum Gasteiger partial charge on any atom is 0.267 e. The zero-order valence-corrected chi connectivity index (χ0v) is 14.2. The van der Waals surface area contributed by atoms with Crippen molar-refractivity contribution in [3.8, 4) is 11.8 Å². The average Bonchev–Trinajstić information content (AvgIpc) is 2.57. The predicted molar refractivity (Wildman–Crippen MR) is 95.4 cm³/mol. The van der Waals surface area contributed by atoms with Crippen molar-refractivity contribution in [2.45, 2.75) is 0 Å². The zero-order valence-electron chi connectivity index (χ0n) is 12.6. The number of halogens is 2. The quantitative estimate of drug-likeness (QED) is 0.608. The van der Waals surface area contributed by atoms with Crippen molar-refractivity contribution in [2.24, 2.45) is 0 Å². The fraction of sp³-hybridized carbons (Fsp3) is 0.0588. The summed E-state index contributed by atoms with van der Waals surface area (Å²) in [6.45, 7) is 0. The Morgan fingerprint density at radius 1 is 1.17 bits per heavy atom. The van der Waals surface area contributed by atoms with Crippen molar-refractivity contribution in [2.75, 3.05) is 17.7 Å². The van der Waals surface area contributed by atoms with Crippen molar-refractivity contribution >= 4 is 40.5 Å². The molecule has 0 aliphatic rings. The third-order valence-corrected chi connectivity index (χ3v) is 3.55. The zero-order chi connectivity index (χ0) is 17.5. The highest BCUT2D eigenvalue weighted by molar-refractivity contribution is 6.32. The summed E-state index contributed by atoms with van der Waals surface area (Å²) in [5.74, 6) is -0.0599. The maximum atomic E-state index is 12.1. The molecule has 0 saturated heterocycles. The van der Waals surface area contributed by atoms with Gasteiger partial charge < -0.3 is 15.4 Å². The number of ether oxygens (including phenoxy) is 1. The molecule has 0 spiro atoms. The predicted octanol–water partition coefficient (Wildman–Crippen LogP) is 4.46. The lowest BCUT2D eigenvalue weighted by atomic mass is 10.2. The molecule has 7 heteroatoms. The topological polar surface area (TPSA) is 74.1 Å². The molecule has 2 aromatic rings. The van der Waals surface area contributed by atoms with E-state index in [9.17, 15) is 4.79 Å². The van der Waals surface area contributed by atoms with Crippen LogP contribution < -0.4 is 15.4 Å². The van der Waals surface area contributed by atoms with Crippen LogP contribution in [-0.4, -0.2) is 13.0 Å². The van der Waals surface area contributed by atoms with Crippen LogP contribution in [0.3, 0.4) is 0 Å². The first-order chi connectivity index (χ1) is 11.5. The number of rotatable bonds is 5. The molecule has 0 heterocycles. The minimum absolute atomic E-state index is 0.0862. The Bertz CT molecular complexity index is 812. The number of nitrogens with one attached hydrogen (secondary N) is 2. The van der Waals surface area contributed by atoms with Gasteiger partial charge in [-0.25, -0.2) is 0 Å². The van der Waals surface area contributed by atoms with Crippen LogP contribution in [-0.2, 0) is 4.79 Å². The molecular formula is C17H13Cl2N3O2. The van der Waals surface area contributed by atoms with E-state index >= 15 is 0 Å². The normalized spacial score (nSPS) is 10.7. The third-order valence-electron chi connectivity index (χ3n) is 3.00. The summed E-state index contributed by atoms with van der Waals surface area (Å²) in [5, 5.41) is 15.6. The van der Waals surface area contributed by atoms with Crippen LogP contribution in [0.5, 0.6) is 5.75 Å². The van der Waals surface area contributed by atoms with E-state index in [0.717, 1.165) is 0 Å². The summed E-state index contributed by atoms with van der Waals surface area (Å²) in [6.07, 6.45) is 1.32. The summed E-state index contributed by atoms with van der Waals surface area (Å²) >= 11 is 11.8. The van der Waals surface area contributed by atoms with Gasteiger partial charge in [0.1, 0.15) is 17.4 Å². The number of methoxy groups -OCH3 is 1. The lowest BCUT2D eigenvalue weighted by Crippen LogP contribution is -2.14. The molecule has 0 atom stereocenters. The second kappa shape index (κ2) is 8.25. The van der Waals surface area contributed by atoms with Gasteiger partial charge in [-0.05, 0) is 42.5 Å². The maximum absolute atomic E-state index is 12.1. The third kappa shape index (κ3) is 4.66. The molecule has 2 N–H and O–H groups in total. The number of hydrogen-bond donors (Lipinski definition) is 2.